The van der Waals surface area contributed by atoms with Crippen molar-refractivity contribution in [3.05, 3.63) is 39.8 Å². The first-order chi connectivity index (χ1) is 10.8. The van der Waals surface area contributed by atoms with Crippen LogP contribution in [-0.2, 0) is 11.3 Å². The molecule has 0 saturated heterocycles. The third-order valence-electron chi connectivity index (χ3n) is 3.61. The lowest BCUT2D eigenvalue weighted by Gasteiger charge is -2.35. The average molecular weight is 318 g/mol. The minimum absolute atomic E-state index is 0.0720. The quantitative estimate of drug-likeness (QED) is 0.482. The summed E-state index contributed by atoms with van der Waals surface area (Å²) in [6.07, 6.45) is -0.357. The number of fused-ring (bicyclic) bond motifs is 1. The largest absolute Gasteiger partial charge is 0.497 e. The van der Waals surface area contributed by atoms with Crippen LogP contribution in [0.5, 0.6) is 5.75 Å². The van der Waals surface area contributed by atoms with Crippen LogP contribution in [0.4, 0.5) is 4.79 Å². The normalized spacial score (nSPS) is 17.0. The summed E-state index contributed by atoms with van der Waals surface area (Å²) in [6, 6.07) is 5.75. The van der Waals surface area contributed by atoms with Gasteiger partial charge >= 0.3 is 6.09 Å². The third-order valence-corrected chi connectivity index (χ3v) is 3.61. The van der Waals surface area contributed by atoms with Crippen molar-refractivity contribution in [2.24, 2.45) is 5.11 Å². The monoisotopic (exact) mass is 318 g/mol. The SMILES string of the molecule is COc1ccc2c(c1)C(CN=[N+]=[N-])CN(C(=O)OC(C)(C)C)C2. The number of methoxy groups -OCH3 is 1. The Kier molecular flexibility index (Phi) is 5.01. The van der Waals surface area contributed by atoms with Gasteiger partial charge in [-0.2, -0.15) is 0 Å². The van der Waals surface area contributed by atoms with Gasteiger partial charge in [-0.1, -0.05) is 11.2 Å². The molecule has 1 aliphatic rings. The van der Waals surface area contributed by atoms with Crippen LogP contribution in [0.2, 0.25) is 0 Å². The van der Waals surface area contributed by atoms with Gasteiger partial charge in [0.1, 0.15) is 11.4 Å². The second-order valence-electron chi connectivity index (χ2n) is 6.54. The van der Waals surface area contributed by atoms with Crippen molar-refractivity contribution in [1.82, 2.24) is 4.90 Å². The maximum Gasteiger partial charge on any atom is 0.410 e. The first-order valence-corrected chi connectivity index (χ1v) is 7.49. The number of benzene rings is 1. The lowest BCUT2D eigenvalue weighted by molar-refractivity contribution is 0.0207. The molecule has 2 rings (SSSR count). The highest BCUT2D eigenvalue weighted by Gasteiger charge is 2.30. The molecule has 0 aliphatic carbocycles. The number of hydrogen-bond acceptors (Lipinski definition) is 4. The van der Waals surface area contributed by atoms with Crippen LogP contribution in [0.3, 0.4) is 0 Å². The molecule has 124 valence electrons. The van der Waals surface area contributed by atoms with E-state index in [-0.39, 0.29) is 18.6 Å². The second kappa shape index (κ2) is 6.79. The summed E-state index contributed by atoms with van der Waals surface area (Å²) >= 11 is 0. The maximum absolute atomic E-state index is 12.3. The van der Waals surface area contributed by atoms with Gasteiger partial charge in [0.25, 0.3) is 0 Å². The van der Waals surface area contributed by atoms with Crippen molar-refractivity contribution in [2.45, 2.75) is 38.8 Å². The molecule has 7 nitrogen and oxygen atoms in total. The molecule has 0 bridgehead atoms. The Morgan fingerprint density at radius 3 is 2.83 bits per heavy atom. The second-order valence-corrected chi connectivity index (χ2v) is 6.54. The van der Waals surface area contributed by atoms with Gasteiger partial charge in [-0.05, 0) is 49.6 Å². The van der Waals surface area contributed by atoms with E-state index in [4.69, 9.17) is 15.0 Å². The van der Waals surface area contributed by atoms with E-state index in [1.54, 1.807) is 12.0 Å². The fourth-order valence-electron chi connectivity index (χ4n) is 2.62. The molecule has 0 aromatic heterocycles. The van der Waals surface area contributed by atoms with E-state index in [9.17, 15) is 4.79 Å². The van der Waals surface area contributed by atoms with Crippen LogP contribution >= 0.6 is 0 Å². The summed E-state index contributed by atoms with van der Waals surface area (Å²) in [5.74, 6) is 0.678. The zero-order valence-electron chi connectivity index (χ0n) is 13.9. The molecular weight excluding hydrogens is 296 g/mol. The lowest BCUT2D eigenvalue weighted by Crippen LogP contribution is -2.42. The molecule has 1 atom stereocenters. The molecular formula is C16H22N4O3. The molecule has 1 heterocycles. The van der Waals surface area contributed by atoms with Gasteiger partial charge in [-0.25, -0.2) is 4.79 Å². The number of hydrogen-bond donors (Lipinski definition) is 0. The Balaban J connectivity index is 2.28. The van der Waals surface area contributed by atoms with Crippen LogP contribution in [0.15, 0.2) is 23.3 Å². The van der Waals surface area contributed by atoms with E-state index in [2.05, 4.69) is 10.0 Å². The van der Waals surface area contributed by atoms with E-state index in [1.807, 2.05) is 39.0 Å². The molecule has 0 spiro atoms. The fraction of sp³-hybridized carbons (Fsp3) is 0.562. The molecule has 0 N–H and O–H groups in total. The molecule has 1 unspecified atom stereocenters. The molecule has 1 aromatic carbocycles. The zero-order chi connectivity index (χ0) is 17.0. The van der Waals surface area contributed by atoms with Crippen LogP contribution in [0, 0.1) is 0 Å². The predicted molar refractivity (Wildman–Crippen MR) is 86.4 cm³/mol. The number of carbonyl (C=O) groups is 1. The first-order valence-electron chi connectivity index (χ1n) is 7.49. The van der Waals surface area contributed by atoms with Crippen LogP contribution in [-0.4, -0.2) is 36.8 Å². The van der Waals surface area contributed by atoms with Crippen molar-refractivity contribution in [3.63, 3.8) is 0 Å². The summed E-state index contributed by atoms with van der Waals surface area (Å²) in [5.41, 5.74) is 10.1. The fourth-order valence-corrected chi connectivity index (χ4v) is 2.62. The van der Waals surface area contributed by atoms with Crippen LogP contribution in [0.1, 0.15) is 37.8 Å². The van der Waals surface area contributed by atoms with E-state index in [1.165, 1.54) is 0 Å². The Morgan fingerprint density at radius 2 is 2.22 bits per heavy atom. The van der Waals surface area contributed by atoms with Crippen molar-refractivity contribution >= 4 is 6.09 Å². The molecule has 0 fully saturated rings. The topological polar surface area (TPSA) is 87.5 Å². The van der Waals surface area contributed by atoms with Gasteiger partial charge in [-0.15, -0.1) is 0 Å². The van der Waals surface area contributed by atoms with E-state index < -0.39 is 5.60 Å². The lowest BCUT2D eigenvalue weighted by atomic mass is 9.89. The van der Waals surface area contributed by atoms with E-state index >= 15 is 0 Å². The molecule has 23 heavy (non-hydrogen) atoms. The van der Waals surface area contributed by atoms with Gasteiger partial charge < -0.3 is 14.4 Å². The van der Waals surface area contributed by atoms with Gasteiger partial charge in [0.15, 0.2) is 0 Å². The minimum Gasteiger partial charge on any atom is -0.497 e. The third kappa shape index (κ3) is 4.29. The Morgan fingerprint density at radius 1 is 1.48 bits per heavy atom. The number of rotatable bonds is 3. The number of azide groups is 1. The minimum atomic E-state index is -0.544. The summed E-state index contributed by atoms with van der Waals surface area (Å²) in [4.78, 5) is 16.8. The van der Waals surface area contributed by atoms with Gasteiger partial charge in [-0.3, -0.25) is 0 Å². The standard InChI is InChI=1S/C16H22N4O3/c1-16(2,3)23-15(21)20-9-11-5-6-13(22-4)7-14(11)12(10-20)8-18-19-17/h5-7,12H,8-10H2,1-4H3. The molecule has 1 aliphatic heterocycles. The number of amides is 1. The van der Waals surface area contributed by atoms with Gasteiger partial charge in [0, 0.05) is 30.5 Å². The van der Waals surface area contributed by atoms with E-state index in [0.29, 0.717) is 13.1 Å². The number of ether oxygens (including phenoxy) is 2. The highest BCUT2D eigenvalue weighted by Crippen LogP contribution is 2.32. The van der Waals surface area contributed by atoms with Gasteiger partial charge in [0.2, 0.25) is 0 Å². The summed E-state index contributed by atoms with van der Waals surface area (Å²) in [5, 5.41) is 3.68. The number of carbonyl (C=O) groups excluding carboxylic acids is 1. The molecule has 1 amide bonds. The first kappa shape index (κ1) is 17.0. The van der Waals surface area contributed by atoms with Crippen molar-refractivity contribution in [3.8, 4) is 5.75 Å². The number of nitrogens with zero attached hydrogens (tertiary/aromatic N) is 4. The summed E-state index contributed by atoms with van der Waals surface area (Å²) in [6.45, 7) is 6.73. The Labute approximate surface area is 135 Å². The maximum atomic E-state index is 12.3. The smallest absolute Gasteiger partial charge is 0.410 e. The molecule has 7 heteroatoms. The molecule has 0 saturated carbocycles. The van der Waals surface area contributed by atoms with Crippen molar-refractivity contribution < 1.29 is 14.3 Å². The highest BCUT2D eigenvalue weighted by atomic mass is 16.6. The molecule has 1 aromatic rings. The van der Waals surface area contributed by atoms with E-state index in [0.717, 1.165) is 16.9 Å². The zero-order valence-corrected chi connectivity index (χ0v) is 13.9. The predicted octanol–water partition coefficient (Wildman–Crippen LogP) is 3.84. The van der Waals surface area contributed by atoms with Crippen molar-refractivity contribution in [2.75, 3.05) is 20.2 Å². The summed E-state index contributed by atoms with van der Waals surface area (Å²) in [7, 11) is 1.61. The summed E-state index contributed by atoms with van der Waals surface area (Å²) < 4.78 is 10.7. The molecule has 0 radical (unpaired) electrons. The average Bonchev–Trinajstić information content (AvgIpc) is 2.50. The van der Waals surface area contributed by atoms with Crippen molar-refractivity contribution in [1.29, 1.82) is 0 Å². The van der Waals surface area contributed by atoms with Crippen LogP contribution < -0.4 is 4.74 Å². The Bertz CT molecular complexity index is 633. The van der Waals surface area contributed by atoms with Gasteiger partial charge in [0.05, 0.1) is 7.11 Å². The Hall–Kier alpha value is -2.40. The van der Waals surface area contributed by atoms with Crippen LogP contribution in [0.25, 0.3) is 10.4 Å². The highest BCUT2D eigenvalue weighted by molar-refractivity contribution is 5.69.